The summed E-state index contributed by atoms with van der Waals surface area (Å²) in [6.45, 7) is 3.34. The predicted octanol–water partition coefficient (Wildman–Crippen LogP) is 3.92. The van der Waals surface area contributed by atoms with Gasteiger partial charge in [0.2, 0.25) is 5.91 Å². The van der Waals surface area contributed by atoms with Crippen molar-refractivity contribution in [1.82, 2.24) is 20.4 Å². The number of nitrogens with zero attached hydrogens (tertiary/aromatic N) is 2. The van der Waals surface area contributed by atoms with Crippen molar-refractivity contribution in [2.24, 2.45) is 0 Å². The van der Waals surface area contributed by atoms with Crippen LogP contribution in [0.1, 0.15) is 30.5 Å². The van der Waals surface area contributed by atoms with Crippen LogP contribution in [0.25, 0.3) is 0 Å². The van der Waals surface area contributed by atoms with Gasteiger partial charge in [0.05, 0.1) is 23.9 Å². The SMILES string of the molecule is CCN1C(=O)N[C@@H](c2ccc(Cl)cc2Cl)C2=C1CN(CCC(=O)NCCc1ccccc1)C2=O. The third-order valence-electron chi connectivity index (χ3n) is 6.07. The van der Waals surface area contributed by atoms with E-state index in [2.05, 4.69) is 10.6 Å². The first-order chi connectivity index (χ1) is 16.4. The molecule has 1 atom stereocenters. The lowest BCUT2D eigenvalue weighted by Gasteiger charge is -2.33. The molecule has 4 amide bonds. The van der Waals surface area contributed by atoms with E-state index in [-0.39, 0.29) is 37.4 Å². The van der Waals surface area contributed by atoms with Gasteiger partial charge in [-0.25, -0.2) is 4.79 Å². The zero-order chi connectivity index (χ0) is 24.2. The quantitative estimate of drug-likeness (QED) is 0.576. The first-order valence-corrected chi connectivity index (χ1v) is 12.0. The fraction of sp³-hybridized carbons (Fsp3) is 0.320. The van der Waals surface area contributed by atoms with E-state index in [4.69, 9.17) is 23.2 Å². The number of hydrogen-bond donors (Lipinski definition) is 2. The van der Waals surface area contributed by atoms with E-state index >= 15 is 0 Å². The van der Waals surface area contributed by atoms with E-state index < -0.39 is 6.04 Å². The average molecular weight is 501 g/mol. The Bertz CT molecular complexity index is 1140. The molecule has 2 aromatic carbocycles. The molecular formula is C25H26Cl2N4O3. The minimum atomic E-state index is -0.674. The Morgan fingerprint density at radius 3 is 2.62 bits per heavy atom. The van der Waals surface area contributed by atoms with Crippen LogP contribution >= 0.6 is 23.2 Å². The van der Waals surface area contributed by atoms with Gasteiger partial charge in [0.15, 0.2) is 0 Å². The first-order valence-electron chi connectivity index (χ1n) is 11.2. The number of benzene rings is 2. The van der Waals surface area contributed by atoms with Gasteiger partial charge < -0.3 is 15.5 Å². The number of urea groups is 1. The summed E-state index contributed by atoms with van der Waals surface area (Å²) < 4.78 is 0. The summed E-state index contributed by atoms with van der Waals surface area (Å²) >= 11 is 12.4. The van der Waals surface area contributed by atoms with Crippen molar-refractivity contribution in [3.8, 4) is 0 Å². The predicted molar refractivity (Wildman–Crippen MR) is 131 cm³/mol. The number of halogens is 2. The molecular weight excluding hydrogens is 475 g/mol. The van der Waals surface area contributed by atoms with Crippen LogP contribution in [0.15, 0.2) is 59.8 Å². The van der Waals surface area contributed by atoms with Crippen molar-refractivity contribution in [1.29, 1.82) is 0 Å². The summed E-state index contributed by atoms with van der Waals surface area (Å²) in [6, 6.07) is 14.0. The standard InChI is InChI=1S/C25H26Cl2N4O3/c1-2-31-20-15-30(13-11-21(32)28-12-10-16-6-4-3-5-7-16)24(33)22(20)23(29-25(31)34)18-9-8-17(26)14-19(18)27/h3-9,14,23H,2,10-13,15H2,1H3,(H,28,32)(H,29,34)/t23-/m0/s1. The molecule has 7 nitrogen and oxygen atoms in total. The molecule has 0 saturated carbocycles. The molecule has 178 valence electrons. The number of amides is 4. The lowest BCUT2D eigenvalue weighted by Crippen LogP contribution is -2.47. The highest BCUT2D eigenvalue weighted by Gasteiger charge is 2.44. The van der Waals surface area contributed by atoms with Crippen molar-refractivity contribution < 1.29 is 14.4 Å². The Balaban J connectivity index is 1.43. The van der Waals surface area contributed by atoms with E-state index in [0.29, 0.717) is 40.0 Å². The number of carbonyl (C=O) groups is 3. The second kappa shape index (κ2) is 10.5. The summed E-state index contributed by atoms with van der Waals surface area (Å²) in [7, 11) is 0. The van der Waals surface area contributed by atoms with Crippen LogP contribution < -0.4 is 10.6 Å². The molecule has 0 bridgehead atoms. The smallest absolute Gasteiger partial charge is 0.322 e. The van der Waals surface area contributed by atoms with Gasteiger partial charge in [-0.2, -0.15) is 0 Å². The number of nitrogens with one attached hydrogen (secondary N) is 2. The summed E-state index contributed by atoms with van der Waals surface area (Å²) in [4.78, 5) is 41.7. The van der Waals surface area contributed by atoms with Gasteiger partial charge in [-0.1, -0.05) is 59.6 Å². The first kappa shape index (κ1) is 24.1. The highest BCUT2D eigenvalue weighted by Crippen LogP contribution is 2.39. The average Bonchev–Trinajstić information content (AvgIpc) is 3.14. The van der Waals surface area contributed by atoms with Gasteiger partial charge >= 0.3 is 6.03 Å². The fourth-order valence-corrected chi connectivity index (χ4v) is 4.87. The summed E-state index contributed by atoms with van der Waals surface area (Å²) in [5, 5.41) is 6.65. The van der Waals surface area contributed by atoms with Crippen LogP contribution in [0.5, 0.6) is 0 Å². The molecule has 2 aromatic rings. The zero-order valence-corrected chi connectivity index (χ0v) is 20.3. The molecule has 0 fully saturated rings. The lowest BCUT2D eigenvalue weighted by molar-refractivity contribution is -0.127. The molecule has 0 saturated heterocycles. The number of likely N-dealkylation sites (N-methyl/N-ethyl adjacent to an activating group) is 1. The van der Waals surface area contributed by atoms with E-state index in [1.165, 1.54) is 0 Å². The highest BCUT2D eigenvalue weighted by atomic mass is 35.5. The Morgan fingerprint density at radius 1 is 1.15 bits per heavy atom. The van der Waals surface area contributed by atoms with Gasteiger partial charge in [0.1, 0.15) is 0 Å². The molecule has 34 heavy (non-hydrogen) atoms. The number of hydrogen-bond acceptors (Lipinski definition) is 3. The molecule has 0 aromatic heterocycles. The molecule has 0 radical (unpaired) electrons. The Kier molecular flexibility index (Phi) is 7.44. The van der Waals surface area contributed by atoms with Gasteiger partial charge in [-0.3, -0.25) is 14.5 Å². The van der Waals surface area contributed by atoms with E-state index in [9.17, 15) is 14.4 Å². The van der Waals surface area contributed by atoms with Crippen LogP contribution in [-0.4, -0.2) is 53.8 Å². The second-order valence-electron chi connectivity index (χ2n) is 8.22. The van der Waals surface area contributed by atoms with Crippen molar-refractivity contribution in [2.45, 2.75) is 25.8 Å². The molecule has 2 aliphatic heterocycles. The fourth-order valence-electron chi connectivity index (χ4n) is 4.35. The normalized spacial score (nSPS) is 17.7. The molecule has 9 heteroatoms. The maximum absolute atomic E-state index is 13.4. The third kappa shape index (κ3) is 5.05. The topological polar surface area (TPSA) is 81.8 Å². The Morgan fingerprint density at radius 2 is 1.91 bits per heavy atom. The maximum Gasteiger partial charge on any atom is 0.322 e. The van der Waals surface area contributed by atoms with Gasteiger partial charge in [0, 0.05) is 36.1 Å². The molecule has 2 aliphatic rings. The van der Waals surface area contributed by atoms with Crippen molar-refractivity contribution in [3.63, 3.8) is 0 Å². The van der Waals surface area contributed by atoms with E-state index in [1.807, 2.05) is 37.3 Å². The van der Waals surface area contributed by atoms with Gasteiger partial charge in [-0.15, -0.1) is 0 Å². The van der Waals surface area contributed by atoms with Crippen LogP contribution in [0, 0.1) is 0 Å². The highest BCUT2D eigenvalue weighted by molar-refractivity contribution is 6.35. The maximum atomic E-state index is 13.4. The number of rotatable bonds is 8. The zero-order valence-electron chi connectivity index (χ0n) is 18.8. The minimum Gasteiger partial charge on any atom is -0.356 e. The van der Waals surface area contributed by atoms with Crippen LogP contribution in [0.2, 0.25) is 10.0 Å². The summed E-state index contributed by atoms with van der Waals surface area (Å²) in [6.07, 6.45) is 0.925. The van der Waals surface area contributed by atoms with Gasteiger partial charge in [0.25, 0.3) is 5.91 Å². The van der Waals surface area contributed by atoms with Crippen molar-refractivity contribution in [3.05, 3.63) is 81.0 Å². The lowest BCUT2D eigenvalue weighted by atomic mass is 9.95. The monoisotopic (exact) mass is 500 g/mol. The largest absolute Gasteiger partial charge is 0.356 e. The van der Waals surface area contributed by atoms with Crippen LogP contribution in [-0.2, 0) is 16.0 Å². The van der Waals surface area contributed by atoms with Crippen LogP contribution in [0.4, 0.5) is 4.79 Å². The molecule has 4 rings (SSSR count). The summed E-state index contributed by atoms with van der Waals surface area (Å²) in [5.41, 5.74) is 2.89. The minimum absolute atomic E-state index is 0.118. The molecule has 0 spiro atoms. The van der Waals surface area contributed by atoms with E-state index in [0.717, 1.165) is 12.0 Å². The second-order valence-corrected chi connectivity index (χ2v) is 9.06. The molecule has 0 unspecified atom stereocenters. The third-order valence-corrected chi connectivity index (χ3v) is 6.64. The molecule has 0 aliphatic carbocycles. The van der Waals surface area contributed by atoms with Crippen molar-refractivity contribution >= 4 is 41.0 Å². The molecule has 2 heterocycles. The summed E-state index contributed by atoms with van der Waals surface area (Å²) in [5.74, 6) is -0.325. The van der Waals surface area contributed by atoms with Crippen LogP contribution in [0.3, 0.4) is 0 Å². The molecule has 2 N–H and O–H groups in total. The Labute approximate surface area is 208 Å². The van der Waals surface area contributed by atoms with E-state index in [1.54, 1.807) is 28.0 Å². The van der Waals surface area contributed by atoms with Gasteiger partial charge in [-0.05, 0) is 36.6 Å². The van der Waals surface area contributed by atoms with Crippen molar-refractivity contribution in [2.75, 3.05) is 26.2 Å². The number of carbonyl (C=O) groups excluding carboxylic acids is 3. The Hall–Kier alpha value is -3.03.